The van der Waals surface area contributed by atoms with Crippen LogP contribution in [-0.4, -0.2) is 30.0 Å². The number of halogens is 2. The van der Waals surface area contributed by atoms with Gasteiger partial charge in [-0.1, -0.05) is 36.4 Å². The van der Waals surface area contributed by atoms with Crippen molar-refractivity contribution in [1.82, 2.24) is 10.3 Å². The molecule has 0 saturated heterocycles. The quantitative estimate of drug-likeness (QED) is 0.596. The van der Waals surface area contributed by atoms with E-state index in [1.54, 1.807) is 19.1 Å². The Morgan fingerprint density at radius 2 is 1.70 bits per heavy atom. The smallest absolute Gasteiger partial charge is 0.315 e. The molecule has 1 unspecified atom stereocenters. The van der Waals surface area contributed by atoms with Crippen molar-refractivity contribution >= 4 is 11.9 Å². The van der Waals surface area contributed by atoms with Gasteiger partial charge in [-0.15, -0.1) is 0 Å². The molecule has 3 aromatic rings. The second-order valence-corrected chi connectivity index (χ2v) is 6.45. The number of nitrogens with zero attached hydrogens (tertiary/aromatic N) is 1. The largest absolute Gasteiger partial charge is 0.465 e. The van der Waals surface area contributed by atoms with E-state index in [0.29, 0.717) is 5.69 Å². The van der Waals surface area contributed by atoms with Gasteiger partial charge in [-0.3, -0.25) is 14.6 Å². The number of hydrogen-bond donors (Lipinski definition) is 1. The molecule has 1 amide bonds. The van der Waals surface area contributed by atoms with Gasteiger partial charge in [-0.2, -0.15) is 0 Å². The summed E-state index contributed by atoms with van der Waals surface area (Å²) in [4.78, 5) is 29.0. The van der Waals surface area contributed by atoms with E-state index in [4.69, 9.17) is 4.74 Å². The monoisotopic (exact) mass is 410 g/mol. The number of carbonyl (C=O) groups excluding carboxylic acids is 2. The molecule has 1 N–H and O–H groups in total. The van der Waals surface area contributed by atoms with E-state index in [0.717, 1.165) is 17.7 Å². The van der Waals surface area contributed by atoms with Crippen LogP contribution in [0.25, 0.3) is 11.3 Å². The average Bonchev–Trinajstić information content (AvgIpc) is 2.76. The molecule has 3 rings (SSSR count). The number of pyridine rings is 1. The molecule has 0 aliphatic rings. The van der Waals surface area contributed by atoms with Crippen molar-refractivity contribution in [3.05, 3.63) is 89.6 Å². The van der Waals surface area contributed by atoms with E-state index >= 15 is 0 Å². The van der Waals surface area contributed by atoms with Gasteiger partial charge in [-0.25, -0.2) is 8.78 Å². The predicted molar refractivity (Wildman–Crippen MR) is 108 cm³/mol. The van der Waals surface area contributed by atoms with Crippen LogP contribution in [0.3, 0.4) is 0 Å². The molecule has 30 heavy (non-hydrogen) atoms. The molecule has 1 heterocycles. The van der Waals surface area contributed by atoms with E-state index in [1.165, 1.54) is 12.3 Å². The maximum Gasteiger partial charge on any atom is 0.315 e. The van der Waals surface area contributed by atoms with Crippen LogP contribution in [0.1, 0.15) is 28.8 Å². The molecule has 7 heteroatoms. The molecule has 0 bridgehead atoms. The Kier molecular flexibility index (Phi) is 6.85. The lowest BCUT2D eigenvalue weighted by atomic mass is 9.97. The van der Waals surface area contributed by atoms with Crippen molar-refractivity contribution in [3.8, 4) is 11.3 Å². The van der Waals surface area contributed by atoms with Crippen molar-refractivity contribution in [2.45, 2.75) is 12.8 Å². The summed E-state index contributed by atoms with van der Waals surface area (Å²) >= 11 is 0. The van der Waals surface area contributed by atoms with E-state index < -0.39 is 35.0 Å². The van der Waals surface area contributed by atoms with Crippen molar-refractivity contribution in [2.24, 2.45) is 0 Å². The zero-order chi connectivity index (χ0) is 21.5. The fourth-order valence-electron chi connectivity index (χ4n) is 2.99. The molecule has 5 nitrogen and oxygen atoms in total. The first-order valence-electron chi connectivity index (χ1n) is 9.41. The summed E-state index contributed by atoms with van der Waals surface area (Å²) in [6, 6.07) is 16.1. The maximum absolute atomic E-state index is 14.2. The highest BCUT2D eigenvalue weighted by molar-refractivity contribution is 5.94. The molecule has 2 aromatic carbocycles. The van der Waals surface area contributed by atoms with Crippen LogP contribution in [0.15, 0.2) is 66.9 Å². The third kappa shape index (κ3) is 4.86. The molecule has 0 radical (unpaired) electrons. The zero-order valence-corrected chi connectivity index (χ0v) is 16.3. The summed E-state index contributed by atoms with van der Waals surface area (Å²) in [6.07, 6.45) is 1.40. The minimum atomic E-state index is -1.31. The Morgan fingerprint density at radius 3 is 2.30 bits per heavy atom. The molecule has 0 aliphatic heterocycles. The highest BCUT2D eigenvalue weighted by Crippen LogP contribution is 2.24. The molecule has 0 spiro atoms. The molecular weight excluding hydrogens is 390 g/mol. The summed E-state index contributed by atoms with van der Waals surface area (Å²) in [5.41, 5.74) is 1.42. The van der Waals surface area contributed by atoms with Gasteiger partial charge in [0, 0.05) is 23.9 Å². The molecule has 0 saturated carbocycles. The third-order valence-corrected chi connectivity index (χ3v) is 4.48. The van der Waals surface area contributed by atoms with E-state index in [9.17, 15) is 18.4 Å². The summed E-state index contributed by atoms with van der Waals surface area (Å²) in [6.45, 7) is 1.31. The lowest BCUT2D eigenvalue weighted by Crippen LogP contribution is -2.33. The molecule has 1 aromatic heterocycles. The van der Waals surface area contributed by atoms with Gasteiger partial charge >= 0.3 is 5.97 Å². The first-order valence-corrected chi connectivity index (χ1v) is 9.41. The summed E-state index contributed by atoms with van der Waals surface area (Å²) in [5, 5.41) is 2.54. The maximum atomic E-state index is 14.2. The Morgan fingerprint density at radius 1 is 1.00 bits per heavy atom. The standard InChI is InChI=1S/C23H20F2N2O3/c1-2-30-23(29)17(21-18(24)9-6-10-19(21)25)14-27-22(28)16-11-12-20(26-13-16)15-7-4-3-5-8-15/h3-13,17H,2,14H2,1H3,(H,27,28). The molecule has 0 aliphatic carbocycles. The van der Waals surface area contributed by atoms with Crippen molar-refractivity contribution in [2.75, 3.05) is 13.2 Å². The first-order chi connectivity index (χ1) is 14.5. The number of aromatic nitrogens is 1. The van der Waals surface area contributed by atoms with Crippen LogP contribution in [0.5, 0.6) is 0 Å². The Labute approximate surface area is 172 Å². The van der Waals surface area contributed by atoms with E-state index in [-0.39, 0.29) is 18.7 Å². The van der Waals surface area contributed by atoms with Crippen LogP contribution >= 0.6 is 0 Å². The van der Waals surface area contributed by atoms with Crippen LogP contribution in [0.4, 0.5) is 8.78 Å². The van der Waals surface area contributed by atoms with Gasteiger partial charge in [0.25, 0.3) is 5.91 Å². The van der Waals surface area contributed by atoms with Gasteiger partial charge in [0.1, 0.15) is 17.6 Å². The fourth-order valence-corrected chi connectivity index (χ4v) is 2.99. The minimum absolute atomic E-state index is 0.0459. The van der Waals surface area contributed by atoms with Crippen molar-refractivity contribution < 1.29 is 23.1 Å². The Hall–Kier alpha value is -3.61. The molecule has 0 fully saturated rings. The second kappa shape index (κ2) is 9.73. The zero-order valence-electron chi connectivity index (χ0n) is 16.3. The van der Waals surface area contributed by atoms with Gasteiger partial charge in [-0.05, 0) is 31.2 Å². The van der Waals surface area contributed by atoms with Crippen LogP contribution in [0, 0.1) is 11.6 Å². The first kappa shape index (κ1) is 21.1. The SMILES string of the molecule is CCOC(=O)C(CNC(=O)c1ccc(-c2ccccc2)nc1)c1c(F)cccc1F. The lowest BCUT2D eigenvalue weighted by Gasteiger charge is -2.18. The molecule has 154 valence electrons. The van der Waals surface area contributed by atoms with Gasteiger partial charge in [0.15, 0.2) is 0 Å². The third-order valence-electron chi connectivity index (χ3n) is 4.48. The molecule has 1 atom stereocenters. The summed E-state index contributed by atoms with van der Waals surface area (Å²) in [7, 11) is 0. The van der Waals surface area contributed by atoms with E-state index in [1.807, 2.05) is 30.3 Å². The number of benzene rings is 2. The number of nitrogens with one attached hydrogen (secondary N) is 1. The van der Waals surface area contributed by atoms with Gasteiger partial charge in [0.2, 0.25) is 0 Å². The van der Waals surface area contributed by atoms with E-state index in [2.05, 4.69) is 10.3 Å². The Bertz CT molecular complexity index is 1000. The number of carbonyl (C=O) groups is 2. The van der Waals surface area contributed by atoms with Gasteiger partial charge in [0.05, 0.1) is 17.9 Å². The number of amides is 1. The molecular formula is C23H20F2N2O3. The normalized spacial score (nSPS) is 11.6. The lowest BCUT2D eigenvalue weighted by molar-refractivity contribution is -0.144. The number of esters is 1. The van der Waals surface area contributed by atoms with Crippen LogP contribution < -0.4 is 5.32 Å². The second-order valence-electron chi connectivity index (χ2n) is 6.45. The number of ether oxygens (including phenoxy) is 1. The fraction of sp³-hybridized carbons (Fsp3) is 0.174. The topological polar surface area (TPSA) is 68.3 Å². The minimum Gasteiger partial charge on any atom is -0.465 e. The number of rotatable bonds is 7. The average molecular weight is 410 g/mol. The summed E-state index contributed by atoms with van der Waals surface area (Å²) in [5.74, 6) is -4.41. The van der Waals surface area contributed by atoms with Crippen molar-refractivity contribution in [3.63, 3.8) is 0 Å². The number of hydrogen-bond acceptors (Lipinski definition) is 4. The van der Waals surface area contributed by atoms with Crippen LogP contribution in [0.2, 0.25) is 0 Å². The van der Waals surface area contributed by atoms with Crippen molar-refractivity contribution in [1.29, 1.82) is 0 Å². The summed E-state index contributed by atoms with van der Waals surface area (Å²) < 4.78 is 33.3. The Balaban J connectivity index is 1.75. The highest BCUT2D eigenvalue weighted by Gasteiger charge is 2.28. The predicted octanol–water partition coefficient (Wildman–Crippen LogP) is 4.10. The van der Waals surface area contributed by atoms with Gasteiger partial charge < -0.3 is 10.1 Å². The highest BCUT2D eigenvalue weighted by atomic mass is 19.1. The van der Waals surface area contributed by atoms with Crippen LogP contribution in [-0.2, 0) is 9.53 Å².